The van der Waals surface area contributed by atoms with Gasteiger partial charge in [0.2, 0.25) is 0 Å². The minimum atomic E-state index is 0.836. The van der Waals surface area contributed by atoms with E-state index in [9.17, 15) is 0 Å². The molecule has 1 aliphatic heterocycles. The van der Waals surface area contributed by atoms with Crippen LogP contribution in [-0.4, -0.2) is 33.5 Å². The molecule has 0 spiro atoms. The molecule has 0 saturated carbocycles. The van der Waals surface area contributed by atoms with E-state index in [4.69, 9.17) is 0 Å². The Morgan fingerprint density at radius 1 is 1.38 bits per heavy atom. The quantitative estimate of drug-likeness (QED) is 0.761. The topological polar surface area (TPSA) is 54.6 Å². The molecule has 0 amide bonds. The molecule has 0 aliphatic carbocycles. The van der Waals surface area contributed by atoms with Crippen molar-refractivity contribution < 1.29 is 0 Å². The maximum absolute atomic E-state index is 4.45. The van der Waals surface area contributed by atoms with Crippen molar-refractivity contribution >= 4 is 11.5 Å². The maximum atomic E-state index is 4.45. The van der Waals surface area contributed by atoms with E-state index < -0.39 is 0 Å². The zero-order valence-corrected chi connectivity index (χ0v) is 9.36. The second kappa shape index (κ2) is 3.30. The van der Waals surface area contributed by atoms with Gasteiger partial charge in [0.15, 0.2) is 5.65 Å². The predicted molar refractivity (Wildman–Crippen MR) is 61.9 cm³/mol. The van der Waals surface area contributed by atoms with Gasteiger partial charge in [-0.1, -0.05) is 0 Å². The lowest BCUT2D eigenvalue weighted by molar-refractivity contribution is 0.907. The molecule has 0 atom stereocenters. The Hall–Kier alpha value is -1.91. The molecule has 0 aromatic carbocycles. The van der Waals surface area contributed by atoms with Gasteiger partial charge in [0.05, 0.1) is 12.1 Å². The summed E-state index contributed by atoms with van der Waals surface area (Å²) in [7, 11) is 0. The molecular weight excluding hydrogens is 202 g/mol. The average molecular weight is 215 g/mol. The summed E-state index contributed by atoms with van der Waals surface area (Å²) in [6, 6.07) is 2.11. The number of amidine groups is 1. The molecule has 3 heterocycles. The molecule has 0 saturated heterocycles. The molecule has 0 bridgehead atoms. The van der Waals surface area contributed by atoms with Crippen molar-refractivity contribution in [3.63, 3.8) is 0 Å². The molecular formula is C11H13N5. The van der Waals surface area contributed by atoms with Crippen molar-refractivity contribution in [2.75, 3.05) is 13.1 Å². The van der Waals surface area contributed by atoms with Gasteiger partial charge in [0.1, 0.15) is 12.2 Å². The average Bonchev–Trinajstić information content (AvgIpc) is 2.86. The fourth-order valence-electron chi connectivity index (χ4n) is 2.15. The smallest absolute Gasteiger partial charge is 0.166 e. The lowest BCUT2D eigenvalue weighted by atomic mass is 10.1. The molecule has 16 heavy (non-hydrogen) atoms. The number of hydrogen-bond acceptors (Lipinski definition) is 4. The van der Waals surface area contributed by atoms with E-state index in [1.807, 2.05) is 11.4 Å². The van der Waals surface area contributed by atoms with Crippen LogP contribution in [0.15, 0.2) is 17.4 Å². The van der Waals surface area contributed by atoms with E-state index in [1.54, 1.807) is 6.33 Å². The number of aryl methyl sites for hydroxylation is 2. The summed E-state index contributed by atoms with van der Waals surface area (Å²) in [6.07, 6.45) is 1.58. The number of aliphatic imine (C=N–C) groups is 1. The summed E-state index contributed by atoms with van der Waals surface area (Å²) < 4.78 is 1.85. The summed E-state index contributed by atoms with van der Waals surface area (Å²) in [5.74, 6) is 0.940. The second-order valence-corrected chi connectivity index (χ2v) is 4.00. The van der Waals surface area contributed by atoms with Gasteiger partial charge in [-0.3, -0.25) is 4.99 Å². The molecule has 1 N–H and O–H groups in total. The standard InChI is InChI=1S/C11H13N5/c1-7-5-8(2)16-11(14-6-15-16)9(7)10-12-3-4-13-10/h5-6H,3-4H2,1-2H3,(H,12,13). The van der Waals surface area contributed by atoms with Crippen LogP contribution in [0.3, 0.4) is 0 Å². The number of rotatable bonds is 1. The van der Waals surface area contributed by atoms with Crippen molar-refractivity contribution in [3.05, 3.63) is 29.2 Å². The lowest BCUT2D eigenvalue weighted by Gasteiger charge is -2.09. The number of nitrogens with zero attached hydrogens (tertiary/aromatic N) is 4. The van der Waals surface area contributed by atoms with Crippen molar-refractivity contribution in [3.8, 4) is 0 Å². The largest absolute Gasteiger partial charge is 0.368 e. The van der Waals surface area contributed by atoms with Crippen molar-refractivity contribution in [1.82, 2.24) is 19.9 Å². The van der Waals surface area contributed by atoms with Gasteiger partial charge in [-0.2, -0.15) is 5.10 Å². The minimum Gasteiger partial charge on any atom is -0.368 e. The number of nitrogens with one attached hydrogen (secondary N) is 1. The van der Waals surface area contributed by atoms with E-state index in [1.165, 1.54) is 5.56 Å². The van der Waals surface area contributed by atoms with Crippen LogP contribution in [-0.2, 0) is 0 Å². The summed E-state index contributed by atoms with van der Waals surface area (Å²) >= 11 is 0. The first-order chi connectivity index (χ1) is 7.77. The molecule has 3 rings (SSSR count). The highest BCUT2D eigenvalue weighted by Gasteiger charge is 2.17. The maximum Gasteiger partial charge on any atom is 0.166 e. The molecule has 2 aromatic heterocycles. The van der Waals surface area contributed by atoms with Crippen LogP contribution in [0.5, 0.6) is 0 Å². The van der Waals surface area contributed by atoms with Crippen molar-refractivity contribution in [1.29, 1.82) is 0 Å². The zero-order chi connectivity index (χ0) is 11.1. The van der Waals surface area contributed by atoms with Gasteiger partial charge < -0.3 is 5.32 Å². The van der Waals surface area contributed by atoms with Gasteiger partial charge >= 0.3 is 0 Å². The predicted octanol–water partition coefficient (Wildman–Crippen LogP) is 0.696. The summed E-state index contributed by atoms with van der Waals surface area (Å²) in [5, 5.41) is 7.50. The van der Waals surface area contributed by atoms with Crippen LogP contribution in [0.1, 0.15) is 16.8 Å². The second-order valence-electron chi connectivity index (χ2n) is 4.00. The first-order valence-corrected chi connectivity index (χ1v) is 5.36. The normalized spacial score (nSPS) is 15.2. The number of hydrogen-bond donors (Lipinski definition) is 1. The van der Waals surface area contributed by atoms with Crippen LogP contribution in [0.25, 0.3) is 5.65 Å². The Labute approximate surface area is 93.2 Å². The Morgan fingerprint density at radius 3 is 3.00 bits per heavy atom. The molecule has 1 aliphatic rings. The molecule has 82 valence electrons. The Bertz CT molecular complexity index is 581. The minimum absolute atomic E-state index is 0.836. The third-order valence-corrected chi connectivity index (χ3v) is 2.84. The summed E-state index contributed by atoms with van der Waals surface area (Å²) in [5.41, 5.74) is 4.23. The van der Waals surface area contributed by atoms with Crippen LogP contribution >= 0.6 is 0 Å². The molecule has 5 nitrogen and oxygen atoms in total. The number of fused-ring (bicyclic) bond motifs is 1. The molecule has 2 aromatic rings. The Balaban J connectivity index is 2.34. The first kappa shape index (κ1) is 9.33. The number of aromatic nitrogens is 3. The van der Waals surface area contributed by atoms with Gasteiger partial charge in [0.25, 0.3) is 0 Å². The molecule has 0 radical (unpaired) electrons. The van der Waals surface area contributed by atoms with Crippen LogP contribution in [0.4, 0.5) is 0 Å². The molecule has 0 unspecified atom stereocenters. The summed E-state index contributed by atoms with van der Waals surface area (Å²) in [6.45, 7) is 5.85. The monoisotopic (exact) mass is 215 g/mol. The highest BCUT2D eigenvalue weighted by atomic mass is 15.3. The summed E-state index contributed by atoms with van der Waals surface area (Å²) in [4.78, 5) is 8.77. The highest BCUT2D eigenvalue weighted by Crippen LogP contribution is 2.17. The third kappa shape index (κ3) is 1.21. The van der Waals surface area contributed by atoms with Gasteiger partial charge in [0, 0.05) is 12.2 Å². The van der Waals surface area contributed by atoms with Crippen LogP contribution in [0, 0.1) is 13.8 Å². The van der Waals surface area contributed by atoms with E-state index in [-0.39, 0.29) is 0 Å². The molecule has 0 fully saturated rings. The van der Waals surface area contributed by atoms with E-state index in [2.05, 4.69) is 33.4 Å². The SMILES string of the molecule is Cc1cc(C)n2ncnc2c1C1=NCCN1. The fraction of sp³-hybridized carbons (Fsp3) is 0.364. The third-order valence-electron chi connectivity index (χ3n) is 2.84. The van der Waals surface area contributed by atoms with E-state index in [0.29, 0.717) is 0 Å². The zero-order valence-electron chi connectivity index (χ0n) is 9.36. The van der Waals surface area contributed by atoms with Crippen molar-refractivity contribution in [2.45, 2.75) is 13.8 Å². The van der Waals surface area contributed by atoms with E-state index in [0.717, 1.165) is 35.8 Å². The fourth-order valence-corrected chi connectivity index (χ4v) is 2.15. The number of pyridine rings is 1. The van der Waals surface area contributed by atoms with Crippen LogP contribution in [0.2, 0.25) is 0 Å². The van der Waals surface area contributed by atoms with Crippen LogP contribution < -0.4 is 5.32 Å². The Morgan fingerprint density at radius 2 is 2.25 bits per heavy atom. The highest BCUT2D eigenvalue weighted by molar-refractivity contribution is 6.05. The molecule has 5 heteroatoms. The lowest BCUT2D eigenvalue weighted by Crippen LogP contribution is -2.21. The van der Waals surface area contributed by atoms with Gasteiger partial charge in [-0.15, -0.1) is 0 Å². The van der Waals surface area contributed by atoms with Gasteiger partial charge in [-0.25, -0.2) is 9.50 Å². The Kier molecular flexibility index (Phi) is 1.92. The van der Waals surface area contributed by atoms with Crippen molar-refractivity contribution in [2.24, 2.45) is 4.99 Å². The first-order valence-electron chi connectivity index (χ1n) is 5.36. The van der Waals surface area contributed by atoms with E-state index >= 15 is 0 Å². The van der Waals surface area contributed by atoms with Gasteiger partial charge in [-0.05, 0) is 25.5 Å².